The van der Waals surface area contributed by atoms with E-state index in [1.807, 2.05) is 43.0 Å². The SMILES string of the molecule is CCNC(=NCC(O)COc1cccc(C)c1)NC1CCCC(SC)C1.I. The van der Waals surface area contributed by atoms with Gasteiger partial charge in [0.1, 0.15) is 18.5 Å². The molecule has 154 valence electrons. The molecule has 1 aliphatic rings. The smallest absolute Gasteiger partial charge is 0.191 e. The molecule has 0 aliphatic heterocycles. The van der Waals surface area contributed by atoms with Crippen LogP contribution in [0.5, 0.6) is 5.75 Å². The molecule has 1 fully saturated rings. The van der Waals surface area contributed by atoms with Crippen molar-refractivity contribution >= 4 is 41.7 Å². The van der Waals surface area contributed by atoms with Gasteiger partial charge in [-0.2, -0.15) is 11.8 Å². The minimum Gasteiger partial charge on any atom is -0.491 e. The lowest BCUT2D eigenvalue weighted by Gasteiger charge is -2.30. The van der Waals surface area contributed by atoms with E-state index in [0.717, 1.165) is 29.1 Å². The highest BCUT2D eigenvalue weighted by Gasteiger charge is 2.22. The number of nitrogens with one attached hydrogen (secondary N) is 2. The van der Waals surface area contributed by atoms with Crippen LogP contribution in [0, 0.1) is 6.92 Å². The van der Waals surface area contributed by atoms with E-state index in [0.29, 0.717) is 12.6 Å². The minimum absolute atomic E-state index is 0. The Morgan fingerprint density at radius 1 is 1.41 bits per heavy atom. The average Bonchev–Trinajstić information content (AvgIpc) is 2.65. The Bertz CT molecular complexity index is 574. The molecule has 0 radical (unpaired) electrons. The molecule has 1 aromatic rings. The van der Waals surface area contributed by atoms with Crippen LogP contribution in [0.4, 0.5) is 0 Å². The maximum atomic E-state index is 10.2. The van der Waals surface area contributed by atoms with Gasteiger partial charge in [-0.1, -0.05) is 18.6 Å². The first-order valence-corrected chi connectivity index (χ1v) is 10.8. The molecular weight excluding hydrogens is 473 g/mol. The quantitative estimate of drug-likeness (QED) is 0.285. The Hall–Kier alpha value is -0.670. The van der Waals surface area contributed by atoms with Gasteiger partial charge in [0.2, 0.25) is 0 Å². The second kappa shape index (κ2) is 13.5. The van der Waals surface area contributed by atoms with Gasteiger partial charge in [-0.25, -0.2) is 0 Å². The summed E-state index contributed by atoms with van der Waals surface area (Å²) < 4.78 is 5.66. The zero-order chi connectivity index (χ0) is 18.8. The molecule has 0 spiro atoms. The lowest BCUT2D eigenvalue weighted by atomic mass is 9.95. The number of ether oxygens (including phenoxy) is 1. The Morgan fingerprint density at radius 3 is 2.93 bits per heavy atom. The highest BCUT2D eigenvalue weighted by atomic mass is 127. The molecule has 1 saturated carbocycles. The first-order chi connectivity index (χ1) is 12.6. The molecule has 0 saturated heterocycles. The van der Waals surface area contributed by atoms with Gasteiger partial charge in [-0.15, -0.1) is 24.0 Å². The standard InChI is InChI=1S/C20H33N3O2S.HI/c1-4-21-20(23-16-8-6-10-19(12-16)26-3)22-13-17(24)14-25-18-9-5-7-15(2)11-18;/h5,7,9,11,16-17,19,24H,4,6,8,10,12-14H2,1-3H3,(H2,21,22,23);1H. The molecule has 0 bridgehead atoms. The number of nitrogens with zero attached hydrogens (tertiary/aromatic N) is 1. The number of aryl methyl sites for hydroxylation is 1. The maximum absolute atomic E-state index is 10.2. The Balaban J connectivity index is 0.00000364. The summed E-state index contributed by atoms with van der Waals surface area (Å²) in [5.41, 5.74) is 1.14. The van der Waals surface area contributed by atoms with Gasteiger partial charge in [0.05, 0.1) is 6.54 Å². The second-order valence-corrected chi connectivity index (χ2v) is 8.00. The largest absolute Gasteiger partial charge is 0.491 e. The molecule has 2 rings (SSSR count). The van der Waals surface area contributed by atoms with Crippen molar-refractivity contribution in [1.82, 2.24) is 10.6 Å². The summed E-state index contributed by atoms with van der Waals surface area (Å²) >= 11 is 1.96. The Kier molecular flexibility index (Phi) is 12.2. The molecule has 5 nitrogen and oxygen atoms in total. The topological polar surface area (TPSA) is 65.9 Å². The zero-order valence-corrected chi connectivity index (χ0v) is 19.8. The second-order valence-electron chi connectivity index (χ2n) is 6.87. The fourth-order valence-electron chi connectivity index (χ4n) is 3.15. The highest BCUT2D eigenvalue weighted by Crippen LogP contribution is 2.26. The van der Waals surface area contributed by atoms with E-state index in [1.165, 1.54) is 25.7 Å². The number of hydrogen-bond donors (Lipinski definition) is 3. The van der Waals surface area contributed by atoms with E-state index in [4.69, 9.17) is 4.74 Å². The van der Waals surface area contributed by atoms with Gasteiger partial charge in [-0.3, -0.25) is 4.99 Å². The first kappa shape index (κ1) is 24.4. The number of hydrogen-bond acceptors (Lipinski definition) is 4. The fraction of sp³-hybridized carbons (Fsp3) is 0.650. The molecule has 1 aliphatic carbocycles. The highest BCUT2D eigenvalue weighted by molar-refractivity contribution is 14.0. The van der Waals surface area contributed by atoms with Crippen molar-refractivity contribution in [3.63, 3.8) is 0 Å². The van der Waals surface area contributed by atoms with Crippen LogP contribution in [0.25, 0.3) is 0 Å². The van der Waals surface area contributed by atoms with Gasteiger partial charge in [0.15, 0.2) is 5.96 Å². The van der Waals surface area contributed by atoms with Gasteiger partial charge in [0.25, 0.3) is 0 Å². The van der Waals surface area contributed by atoms with Crippen molar-refractivity contribution < 1.29 is 9.84 Å². The molecule has 1 aromatic carbocycles. The number of rotatable bonds is 8. The summed E-state index contributed by atoms with van der Waals surface area (Å²) in [4.78, 5) is 4.55. The van der Waals surface area contributed by atoms with Crippen molar-refractivity contribution in [2.75, 3.05) is 26.0 Å². The summed E-state index contributed by atoms with van der Waals surface area (Å²) in [7, 11) is 0. The third-order valence-corrected chi connectivity index (χ3v) is 5.63. The molecule has 0 aromatic heterocycles. The van der Waals surface area contributed by atoms with Gasteiger partial charge < -0.3 is 20.5 Å². The number of thioether (sulfide) groups is 1. The van der Waals surface area contributed by atoms with Crippen LogP contribution in [0.15, 0.2) is 29.3 Å². The predicted octanol–water partition coefficient (Wildman–Crippen LogP) is 3.58. The van der Waals surface area contributed by atoms with Crippen molar-refractivity contribution in [2.45, 2.75) is 56.9 Å². The van der Waals surface area contributed by atoms with E-state index >= 15 is 0 Å². The lowest BCUT2D eigenvalue weighted by molar-refractivity contribution is 0.114. The Labute approximate surface area is 185 Å². The van der Waals surface area contributed by atoms with E-state index < -0.39 is 6.10 Å². The maximum Gasteiger partial charge on any atom is 0.191 e. The zero-order valence-electron chi connectivity index (χ0n) is 16.6. The molecular formula is C20H34IN3O2S. The number of halogens is 1. The monoisotopic (exact) mass is 507 g/mol. The number of aliphatic imine (C=N–C) groups is 1. The lowest BCUT2D eigenvalue weighted by Crippen LogP contribution is -2.46. The van der Waals surface area contributed by atoms with Crippen LogP contribution in [0.1, 0.15) is 38.2 Å². The molecule has 27 heavy (non-hydrogen) atoms. The van der Waals surface area contributed by atoms with Gasteiger partial charge >= 0.3 is 0 Å². The van der Waals surface area contributed by atoms with Crippen molar-refractivity contribution in [1.29, 1.82) is 0 Å². The van der Waals surface area contributed by atoms with Crippen molar-refractivity contribution in [2.24, 2.45) is 4.99 Å². The third kappa shape index (κ3) is 9.38. The number of aliphatic hydroxyl groups excluding tert-OH is 1. The molecule has 3 atom stereocenters. The van der Waals surface area contributed by atoms with Crippen molar-refractivity contribution in [3.05, 3.63) is 29.8 Å². The number of benzene rings is 1. The van der Waals surface area contributed by atoms with Crippen LogP contribution in [0.3, 0.4) is 0 Å². The van der Waals surface area contributed by atoms with Crippen LogP contribution >= 0.6 is 35.7 Å². The summed E-state index contributed by atoms with van der Waals surface area (Å²) in [5, 5.41) is 17.7. The first-order valence-electron chi connectivity index (χ1n) is 9.55. The summed E-state index contributed by atoms with van der Waals surface area (Å²) in [6, 6.07) is 8.30. The van der Waals surface area contributed by atoms with E-state index in [-0.39, 0.29) is 30.6 Å². The van der Waals surface area contributed by atoms with Crippen LogP contribution < -0.4 is 15.4 Å². The summed E-state index contributed by atoms with van der Waals surface area (Å²) in [5.74, 6) is 1.57. The average molecular weight is 507 g/mol. The van der Waals surface area contributed by atoms with Gasteiger partial charge in [-0.05, 0) is 57.1 Å². The van der Waals surface area contributed by atoms with E-state index in [1.54, 1.807) is 0 Å². The molecule has 0 amide bonds. The fourth-order valence-corrected chi connectivity index (χ4v) is 3.98. The molecule has 0 heterocycles. The Morgan fingerprint density at radius 2 is 2.22 bits per heavy atom. The van der Waals surface area contributed by atoms with E-state index in [2.05, 4.69) is 28.8 Å². The van der Waals surface area contributed by atoms with E-state index in [9.17, 15) is 5.11 Å². The van der Waals surface area contributed by atoms with Crippen molar-refractivity contribution in [3.8, 4) is 5.75 Å². The summed E-state index contributed by atoms with van der Waals surface area (Å²) in [6.07, 6.45) is 6.48. The number of guanidine groups is 1. The van der Waals surface area contributed by atoms with Crippen LogP contribution in [-0.2, 0) is 0 Å². The van der Waals surface area contributed by atoms with Crippen LogP contribution in [-0.4, -0.2) is 54.4 Å². The molecule has 3 unspecified atom stereocenters. The third-order valence-electron chi connectivity index (χ3n) is 4.54. The number of aliphatic hydroxyl groups is 1. The summed E-state index contributed by atoms with van der Waals surface area (Å²) in [6.45, 7) is 5.44. The molecule has 7 heteroatoms. The molecule has 3 N–H and O–H groups in total. The normalized spacial score (nSPS) is 21.1. The minimum atomic E-state index is -0.628. The van der Waals surface area contributed by atoms with Gasteiger partial charge in [0, 0.05) is 17.8 Å². The van der Waals surface area contributed by atoms with Crippen LogP contribution in [0.2, 0.25) is 0 Å². The predicted molar refractivity (Wildman–Crippen MR) is 127 cm³/mol.